The summed E-state index contributed by atoms with van der Waals surface area (Å²) in [5, 5.41) is 9.96. The number of carbonyl (C=O) groups is 2. The number of para-hydroxylation sites is 1. The Balaban J connectivity index is 1.50. The van der Waals surface area contributed by atoms with Gasteiger partial charge in [0.05, 0.1) is 16.2 Å². The third kappa shape index (κ3) is 4.75. The lowest BCUT2D eigenvalue weighted by atomic mass is 9.94. The van der Waals surface area contributed by atoms with Gasteiger partial charge in [-0.3, -0.25) is 9.69 Å². The first-order valence-electron chi connectivity index (χ1n) is 12.3. The second-order valence-corrected chi connectivity index (χ2v) is 10.3. The van der Waals surface area contributed by atoms with Gasteiger partial charge in [0.2, 0.25) is 0 Å². The van der Waals surface area contributed by atoms with Crippen LogP contribution in [-0.2, 0) is 4.79 Å². The van der Waals surface area contributed by atoms with E-state index >= 15 is 0 Å². The van der Waals surface area contributed by atoms with Gasteiger partial charge in [0.25, 0.3) is 5.91 Å². The third-order valence-electron chi connectivity index (χ3n) is 6.89. The molecule has 1 N–H and O–H groups in total. The molecule has 1 saturated carbocycles. The van der Waals surface area contributed by atoms with Crippen LogP contribution in [-0.4, -0.2) is 37.7 Å². The number of nitrogens with zero attached hydrogens (tertiary/aromatic N) is 3. The van der Waals surface area contributed by atoms with Gasteiger partial charge in [-0.2, -0.15) is 0 Å². The van der Waals surface area contributed by atoms with E-state index in [4.69, 9.17) is 4.99 Å². The summed E-state index contributed by atoms with van der Waals surface area (Å²) in [6.45, 7) is 4.03. The molecule has 184 valence electrons. The van der Waals surface area contributed by atoms with Gasteiger partial charge in [0.1, 0.15) is 0 Å². The van der Waals surface area contributed by atoms with Crippen molar-refractivity contribution in [3.8, 4) is 5.69 Å². The topological polar surface area (TPSA) is 74.9 Å². The van der Waals surface area contributed by atoms with Crippen LogP contribution in [0.3, 0.4) is 0 Å². The number of rotatable bonds is 5. The van der Waals surface area contributed by atoms with E-state index in [0.29, 0.717) is 4.91 Å². The summed E-state index contributed by atoms with van der Waals surface area (Å²) in [4.78, 5) is 32.4. The van der Waals surface area contributed by atoms with Crippen molar-refractivity contribution >= 4 is 40.6 Å². The molecule has 0 radical (unpaired) electrons. The van der Waals surface area contributed by atoms with Crippen molar-refractivity contribution in [2.45, 2.75) is 52.0 Å². The lowest BCUT2D eigenvalue weighted by Crippen LogP contribution is -2.40. The molecular weight excluding hydrogens is 470 g/mol. The molecular formula is C29H29N3O3S. The van der Waals surface area contributed by atoms with Crippen molar-refractivity contribution in [3.05, 3.63) is 88.1 Å². The molecule has 2 fully saturated rings. The number of benzene rings is 2. The van der Waals surface area contributed by atoms with Crippen molar-refractivity contribution < 1.29 is 14.7 Å². The molecule has 0 atom stereocenters. The third-order valence-corrected chi connectivity index (χ3v) is 7.87. The Bertz CT molecular complexity index is 1350. The molecule has 2 aromatic carbocycles. The summed E-state index contributed by atoms with van der Waals surface area (Å²) in [7, 11) is 0. The Morgan fingerprint density at radius 2 is 1.72 bits per heavy atom. The Kier molecular flexibility index (Phi) is 6.83. The smallest absolute Gasteiger partial charge is 0.335 e. The number of carbonyl (C=O) groups excluding carboxylic acids is 1. The molecule has 0 bridgehead atoms. The minimum absolute atomic E-state index is 0.0252. The molecule has 0 spiro atoms. The number of hydrogen-bond acceptors (Lipinski definition) is 4. The number of aryl methyl sites for hydroxylation is 1. The van der Waals surface area contributed by atoms with Crippen molar-refractivity contribution in [3.63, 3.8) is 0 Å². The Hall–Kier alpha value is -3.58. The first kappa shape index (κ1) is 24.1. The van der Waals surface area contributed by atoms with E-state index in [1.54, 1.807) is 12.1 Å². The molecule has 6 nitrogen and oxygen atoms in total. The summed E-state index contributed by atoms with van der Waals surface area (Å²) < 4.78 is 2.08. The van der Waals surface area contributed by atoms with E-state index in [1.165, 1.54) is 18.2 Å². The Morgan fingerprint density at radius 1 is 1.03 bits per heavy atom. The molecule has 1 amide bonds. The molecule has 2 aliphatic rings. The maximum atomic E-state index is 13.7. The van der Waals surface area contributed by atoms with Gasteiger partial charge in [0, 0.05) is 23.1 Å². The van der Waals surface area contributed by atoms with Gasteiger partial charge in [0.15, 0.2) is 5.17 Å². The lowest BCUT2D eigenvalue weighted by Gasteiger charge is -2.30. The van der Waals surface area contributed by atoms with Crippen LogP contribution in [0.5, 0.6) is 0 Å². The molecule has 2 heterocycles. The average Bonchev–Trinajstić information content (AvgIpc) is 3.34. The minimum Gasteiger partial charge on any atom is -0.478 e. The highest BCUT2D eigenvalue weighted by Gasteiger charge is 2.38. The number of aliphatic imine (C=N–C) groups is 1. The number of thioether (sulfide) groups is 1. The van der Waals surface area contributed by atoms with Crippen molar-refractivity contribution in [1.82, 2.24) is 9.47 Å². The Morgan fingerprint density at radius 3 is 2.39 bits per heavy atom. The number of hydrogen-bond donors (Lipinski definition) is 1. The van der Waals surface area contributed by atoms with Crippen LogP contribution in [0.25, 0.3) is 11.8 Å². The molecule has 1 aromatic heterocycles. The molecule has 1 aliphatic carbocycles. The fourth-order valence-electron chi connectivity index (χ4n) is 5.06. The summed E-state index contributed by atoms with van der Waals surface area (Å²) in [6, 6.07) is 18.9. The first-order valence-corrected chi connectivity index (χ1v) is 13.1. The monoisotopic (exact) mass is 499 g/mol. The van der Waals surface area contributed by atoms with Gasteiger partial charge in [-0.05, 0) is 92.6 Å². The fourth-order valence-corrected chi connectivity index (χ4v) is 6.11. The first-order chi connectivity index (χ1) is 17.4. The average molecular weight is 500 g/mol. The van der Waals surface area contributed by atoms with E-state index in [1.807, 2.05) is 67.3 Å². The highest BCUT2D eigenvalue weighted by atomic mass is 32.2. The molecule has 5 rings (SSSR count). The van der Waals surface area contributed by atoms with Gasteiger partial charge in [-0.15, -0.1) is 0 Å². The highest BCUT2D eigenvalue weighted by Crippen LogP contribution is 2.39. The molecule has 36 heavy (non-hydrogen) atoms. The van der Waals surface area contributed by atoms with Crippen LogP contribution in [0.4, 0.5) is 5.69 Å². The second-order valence-electron chi connectivity index (χ2n) is 9.32. The van der Waals surface area contributed by atoms with Crippen molar-refractivity contribution in [1.29, 1.82) is 0 Å². The lowest BCUT2D eigenvalue weighted by molar-refractivity contribution is -0.124. The predicted molar refractivity (Wildman–Crippen MR) is 145 cm³/mol. The number of carboxylic acids is 1. The number of carboxylic acid groups (broad SMARTS) is 1. The van der Waals surface area contributed by atoms with Crippen LogP contribution in [0, 0.1) is 13.8 Å². The molecule has 7 heteroatoms. The normalized spacial score (nSPS) is 18.9. The van der Waals surface area contributed by atoms with Crippen molar-refractivity contribution in [2.24, 2.45) is 4.99 Å². The quantitative estimate of drug-likeness (QED) is 0.395. The van der Waals surface area contributed by atoms with E-state index in [2.05, 4.69) is 10.6 Å². The van der Waals surface area contributed by atoms with E-state index < -0.39 is 5.97 Å². The standard InChI is InChI=1S/C29H29N3O3S/c1-19-17-22(20(2)31(19)25-15-13-21(14-16-25)28(34)35)18-26-27(33)32(24-11-7-4-8-12-24)29(36-26)30-23-9-5-3-6-10-23/h3,5-6,9-10,13-18,24H,4,7-8,11-12H2,1-2H3,(H,34,35)/b26-18+,30-29?. The largest absolute Gasteiger partial charge is 0.478 e. The number of amidine groups is 1. The predicted octanol–water partition coefficient (Wildman–Crippen LogP) is 6.73. The number of aromatic nitrogens is 1. The molecule has 3 aromatic rings. The highest BCUT2D eigenvalue weighted by molar-refractivity contribution is 8.18. The number of amides is 1. The summed E-state index contributed by atoms with van der Waals surface area (Å²) >= 11 is 1.45. The summed E-state index contributed by atoms with van der Waals surface area (Å²) in [6.07, 6.45) is 7.49. The van der Waals surface area contributed by atoms with Gasteiger partial charge in [-0.1, -0.05) is 37.5 Å². The van der Waals surface area contributed by atoms with E-state index in [0.717, 1.165) is 59.2 Å². The second kappa shape index (κ2) is 10.2. The zero-order valence-electron chi connectivity index (χ0n) is 20.5. The maximum Gasteiger partial charge on any atom is 0.335 e. The van der Waals surface area contributed by atoms with Gasteiger partial charge in [-0.25, -0.2) is 9.79 Å². The van der Waals surface area contributed by atoms with Crippen LogP contribution in [0.2, 0.25) is 0 Å². The minimum atomic E-state index is -0.944. The summed E-state index contributed by atoms with van der Waals surface area (Å²) in [5.41, 5.74) is 4.96. The van der Waals surface area contributed by atoms with E-state index in [-0.39, 0.29) is 17.5 Å². The summed E-state index contributed by atoms with van der Waals surface area (Å²) in [5.74, 6) is -0.919. The van der Waals surface area contributed by atoms with Gasteiger partial charge >= 0.3 is 5.97 Å². The van der Waals surface area contributed by atoms with Crippen LogP contribution >= 0.6 is 11.8 Å². The van der Waals surface area contributed by atoms with Crippen LogP contribution < -0.4 is 0 Å². The maximum absolute atomic E-state index is 13.7. The fraction of sp³-hybridized carbons (Fsp3) is 0.276. The number of aromatic carboxylic acids is 1. The molecule has 1 aliphatic heterocycles. The Labute approximate surface area is 215 Å². The van der Waals surface area contributed by atoms with E-state index in [9.17, 15) is 14.7 Å². The van der Waals surface area contributed by atoms with Crippen LogP contribution in [0.15, 0.2) is 70.6 Å². The SMILES string of the molecule is Cc1cc(/C=C2/SC(=Nc3ccccc3)N(C3CCCCC3)C2=O)c(C)n1-c1ccc(C(=O)O)cc1. The van der Waals surface area contributed by atoms with Gasteiger partial charge < -0.3 is 9.67 Å². The zero-order chi connectivity index (χ0) is 25.2. The molecule has 0 unspecified atom stereocenters. The van der Waals surface area contributed by atoms with Crippen molar-refractivity contribution in [2.75, 3.05) is 0 Å². The zero-order valence-corrected chi connectivity index (χ0v) is 21.3. The molecule has 1 saturated heterocycles. The van der Waals surface area contributed by atoms with Crippen LogP contribution in [0.1, 0.15) is 59.4 Å².